The lowest BCUT2D eigenvalue weighted by molar-refractivity contribution is 0.100. The van der Waals surface area contributed by atoms with Gasteiger partial charge in [-0.15, -0.1) is 12.4 Å². The molecule has 78 valence electrons. The topological polar surface area (TPSA) is 68.9 Å². The molecule has 0 unspecified atom stereocenters. The van der Waals surface area contributed by atoms with Crippen molar-refractivity contribution < 1.29 is 4.79 Å². The lowest BCUT2D eigenvalue weighted by atomic mass is 10.1. The summed E-state index contributed by atoms with van der Waals surface area (Å²) < 4.78 is 0. The minimum absolute atomic E-state index is 0. The Morgan fingerprint density at radius 3 is 2.53 bits per heavy atom. The molecule has 0 saturated carbocycles. The van der Waals surface area contributed by atoms with E-state index in [-0.39, 0.29) is 24.7 Å². The first-order valence-corrected chi connectivity index (χ1v) is 4.25. The van der Waals surface area contributed by atoms with Crippen molar-refractivity contribution in [2.24, 2.45) is 5.73 Å². The standard InChI is InChI=1S/C10H9N3O.ClH/c11-6-10(14)7-1-2-8-9(5-7)13-4-3-12-8;/h1-5H,6,11H2;1H. The molecule has 0 aliphatic carbocycles. The van der Waals surface area contributed by atoms with Gasteiger partial charge in [-0.1, -0.05) is 0 Å². The van der Waals surface area contributed by atoms with Gasteiger partial charge in [0.1, 0.15) is 0 Å². The van der Waals surface area contributed by atoms with Crippen molar-refractivity contribution in [2.45, 2.75) is 0 Å². The van der Waals surface area contributed by atoms with Crippen molar-refractivity contribution in [1.29, 1.82) is 0 Å². The van der Waals surface area contributed by atoms with Gasteiger partial charge < -0.3 is 5.73 Å². The van der Waals surface area contributed by atoms with E-state index >= 15 is 0 Å². The predicted molar refractivity (Wildman–Crippen MR) is 60.2 cm³/mol. The number of ketones is 1. The third-order valence-electron chi connectivity index (χ3n) is 1.98. The predicted octanol–water partition coefficient (Wildman–Crippen LogP) is 1.19. The Balaban J connectivity index is 0.00000112. The second-order valence-corrected chi connectivity index (χ2v) is 2.89. The summed E-state index contributed by atoms with van der Waals surface area (Å²) in [5, 5.41) is 0. The van der Waals surface area contributed by atoms with Gasteiger partial charge >= 0.3 is 0 Å². The molecular formula is C10H10ClN3O. The molecule has 1 aromatic heterocycles. The van der Waals surface area contributed by atoms with E-state index in [1.54, 1.807) is 30.6 Å². The molecule has 0 fully saturated rings. The number of rotatable bonds is 2. The van der Waals surface area contributed by atoms with Crippen molar-refractivity contribution in [3.05, 3.63) is 36.2 Å². The molecule has 2 N–H and O–H groups in total. The second-order valence-electron chi connectivity index (χ2n) is 2.89. The quantitative estimate of drug-likeness (QED) is 0.777. The summed E-state index contributed by atoms with van der Waals surface area (Å²) in [6, 6.07) is 5.19. The summed E-state index contributed by atoms with van der Waals surface area (Å²) >= 11 is 0. The fourth-order valence-corrected chi connectivity index (χ4v) is 1.25. The van der Waals surface area contributed by atoms with Crippen LogP contribution in [-0.2, 0) is 0 Å². The number of benzene rings is 1. The Labute approximate surface area is 92.9 Å². The van der Waals surface area contributed by atoms with Crippen LogP contribution in [0.4, 0.5) is 0 Å². The minimum atomic E-state index is -0.0856. The number of hydrogen-bond acceptors (Lipinski definition) is 4. The molecule has 15 heavy (non-hydrogen) atoms. The van der Waals surface area contributed by atoms with Crippen LogP contribution in [0.25, 0.3) is 11.0 Å². The van der Waals surface area contributed by atoms with Crippen molar-refractivity contribution in [1.82, 2.24) is 9.97 Å². The van der Waals surface area contributed by atoms with E-state index in [0.717, 1.165) is 5.52 Å². The molecule has 2 aromatic rings. The highest BCUT2D eigenvalue weighted by Crippen LogP contribution is 2.10. The maximum Gasteiger partial charge on any atom is 0.176 e. The van der Waals surface area contributed by atoms with E-state index in [1.165, 1.54) is 0 Å². The number of Topliss-reactive ketones (excluding diaryl/α,β-unsaturated/α-hetero) is 1. The van der Waals surface area contributed by atoms with E-state index in [0.29, 0.717) is 11.1 Å². The van der Waals surface area contributed by atoms with Crippen LogP contribution in [0, 0.1) is 0 Å². The largest absolute Gasteiger partial charge is 0.324 e. The van der Waals surface area contributed by atoms with Gasteiger partial charge in [0.25, 0.3) is 0 Å². The molecule has 0 bridgehead atoms. The van der Waals surface area contributed by atoms with Gasteiger partial charge in [-0.25, -0.2) is 0 Å². The molecule has 0 saturated heterocycles. The number of halogens is 1. The highest BCUT2D eigenvalue weighted by atomic mass is 35.5. The first-order valence-electron chi connectivity index (χ1n) is 4.25. The van der Waals surface area contributed by atoms with Gasteiger partial charge in [0.2, 0.25) is 0 Å². The monoisotopic (exact) mass is 223 g/mol. The fraction of sp³-hybridized carbons (Fsp3) is 0.100. The van der Waals surface area contributed by atoms with Crippen LogP contribution < -0.4 is 5.73 Å². The first kappa shape index (κ1) is 11.6. The van der Waals surface area contributed by atoms with Crippen molar-refractivity contribution in [2.75, 3.05) is 6.54 Å². The van der Waals surface area contributed by atoms with E-state index in [9.17, 15) is 4.79 Å². The lowest BCUT2D eigenvalue weighted by Gasteiger charge is -1.99. The maximum absolute atomic E-state index is 11.3. The minimum Gasteiger partial charge on any atom is -0.324 e. The first-order chi connectivity index (χ1) is 6.81. The van der Waals surface area contributed by atoms with Crippen molar-refractivity contribution in [3.63, 3.8) is 0 Å². The van der Waals surface area contributed by atoms with Crippen LogP contribution in [0.3, 0.4) is 0 Å². The molecule has 0 aliphatic heterocycles. The average Bonchev–Trinajstić information content (AvgIpc) is 2.27. The number of carbonyl (C=O) groups is 1. The molecule has 0 aliphatic rings. The van der Waals surface area contributed by atoms with Crippen LogP contribution in [-0.4, -0.2) is 22.3 Å². The third-order valence-corrected chi connectivity index (χ3v) is 1.98. The van der Waals surface area contributed by atoms with Crippen LogP contribution in [0.5, 0.6) is 0 Å². The van der Waals surface area contributed by atoms with Gasteiger partial charge in [0, 0.05) is 18.0 Å². The zero-order valence-corrected chi connectivity index (χ0v) is 8.70. The highest BCUT2D eigenvalue weighted by Gasteiger charge is 2.04. The Bertz CT molecular complexity index is 487. The Kier molecular flexibility index (Phi) is 3.71. The number of hydrogen-bond donors (Lipinski definition) is 1. The van der Waals surface area contributed by atoms with Gasteiger partial charge in [0.05, 0.1) is 17.6 Å². The molecule has 0 radical (unpaired) electrons. The second kappa shape index (κ2) is 4.82. The summed E-state index contributed by atoms with van der Waals surface area (Å²) in [5.74, 6) is -0.0856. The maximum atomic E-state index is 11.3. The van der Waals surface area contributed by atoms with Crippen LogP contribution in [0.1, 0.15) is 10.4 Å². The van der Waals surface area contributed by atoms with E-state index in [1.807, 2.05) is 0 Å². The Hall–Kier alpha value is -1.52. The SMILES string of the molecule is Cl.NCC(=O)c1ccc2nccnc2c1. The summed E-state index contributed by atoms with van der Waals surface area (Å²) in [5.41, 5.74) is 7.34. The number of fused-ring (bicyclic) bond motifs is 1. The van der Waals surface area contributed by atoms with Gasteiger partial charge in [-0.3, -0.25) is 14.8 Å². The van der Waals surface area contributed by atoms with Gasteiger partial charge in [-0.05, 0) is 18.2 Å². The molecule has 2 rings (SSSR count). The van der Waals surface area contributed by atoms with Gasteiger partial charge in [-0.2, -0.15) is 0 Å². The lowest BCUT2D eigenvalue weighted by Crippen LogP contribution is -2.13. The number of nitrogens with two attached hydrogens (primary N) is 1. The zero-order valence-electron chi connectivity index (χ0n) is 7.88. The Morgan fingerprint density at radius 1 is 1.20 bits per heavy atom. The van der Waals surface area contributed by atoms with Crippen molar-refractivity contribution >= 4 is 29.2 Å². The number of carbonyl (C=O) groups excluding carboxylic acids is 1. The summed E-state index contributed by atoms with van der Waals surface area (Å²) in [4.78, 5) is 19.5. The average molecular weight is 224 g/mol. The summed E-state index contributed by atoms with van der Waals surface area (Å²) in [6.45, 7) is 0.0196. The van der Waals surface area contributed by atoms with E-state index in [2.05, 4.69) is 9.97 Å². The molecule has 1 heterocycles. The molecule has 0 atom stereocenters. The van der Waals surface area contributed by atoms with Crippen LogP contribution in [0.2, 0.25) is 0 Å². The normalized spacial score (nSPS) is 9.67. The highest BCUT2D eigenvalue weighted by molar-refractivity contribution is 5.99. The van der Waals surface area contributed by atoms with E-state index in [4.69, 9.17) is 5.73 Å². The summed E-state index contributed by atoms with van der Waals surface area (Å²) in [7, 11) is 0. The van der Waals surface area contributed by atoms with E-state index < -0.39 is 0 Å². The third kappa shape index (κ3) is 2.29. The Morgan fingerprint density at radius 2 is 1.87 bits per heavy atom. The summed E-state index contributed by atoms with van der Waals surface area (Å²) in [6.07, 6.45) is 3.21. The van der Waals surface area contributed by atoms with Crippen LogP contribution >= 0.6 is 12.4 Å². The zero-order chi connectivity index (χ0) is 9.97. The fourth-order valence-electron chi connectivity index (χ4n) is 1.25. The molecule has 4 nitrogen and oxygen atoms in total. The number of aromatic nitrogens is 2. The molecule has 1 aromatic carbocycles. The molecule has 0 spiro atoms. The van der Waals surface area contributed by atoms with Gasteiger partial charge in [0.15, 0.2) is 5.78 Å². The number of nitrogens with zero attached hydrogens (tertiary/aromatic N) is 2. The molecule has 0 amide bonds. The molecule has 5 heteroatoms. The molecular weight excluding hydrogens is 214 g/mol. The smallest absolute Gasteiger partial charge is 0.176 e. The van der Waals surface area contributed by atoms with Crippen molar-refractivity contribution in [3.8, 4) is 0 Å². The van der Waals surface area contributed by atoms with Crippen LogP contribution in [0.15, 0.2) is 30.6 Å².